The SMILES string of the molecule is O=C(c1nnc(-c2cc(S(=O)(=O)Nc3ccc(Cl)cc3F)c[nH]2)o1)N1CCCC1. The molecule has 1 aromatic carbocycles. The molecule has 9 nitrogen and oxygen atoms in total. The number of benzene rings is 1. The van der Waals surface area contributed by atoms with E-state index in [0.717, 1.165) is 18.9 Å². The quantitative estimate of drug-likeness (QED) is 0.630. The molecule has 3 heterocycles. The third kappa shape index (κ3) is 3.96. The van der Waals surface area contributed by atoms with Crippen molar-refractivity contribution in [1.29, 1.82) is 0 Å². The number of hydrogen-bond acceptors (Lipinski definition) is 6. The van der Waals surface area contributed by atoms with Crippen LogP contribution in [0.15, 0.2) is 39.8 Å². The zero-order valence-corrected chi connectivity index (χ0v) is 16.4. The molecule has 1 amide bonds. The van der Waals surface area contributed by atoms with Gasteiger partial charge in [0, 0.05) is 24.3 Å². The van der Waals surface area contributed by atoms with E-state index in [1.807, 2.05) is 0 Å². The van der Waals surface area contributed by atoms with Crippen LogP contribution in [0.2, 0.25) is 5.02 Å². The number of aromatic nitrogens is 3. The zero-order valence-electron chi connectivity index (χ0n) is 14.9. The van der Waals surface area contributed by atoms with Gasteiger partial charge in [-0.3, -0.25) is 9.52 Å². The molecule has 152 valence electrons. The summed E-state index contributed by atoms with van der Waals surface area (Å²) >= 11 is 5.67. The van der Waals surface area contributed by atoms with E-state index in [1.165, 1.54) is 24.4 Å². The summed E-state index contributed by atoms with van der Waals surface area (Å²) in [6, 6.07) is 4.83. The molecule has 1 fully saturated rings. The average Bonchev–Trinajstić information content (AvgIpc) is 3.44. The second-order valence-electron chi connectivity index (χ2n) is 6.39. The number of aromatic amines is 1. The largest absolute Gasteiger partial charge is 0.411 e. The summed E-state index contributed by atoms with van der Waals surface area (Å²) in [6.45, 7) is 1.27. The normalized spacial score (nSPS) is 14.3. The van der Waals surface area contributed by atoms with Crippen molar-refractivity contribution in [1.82, 2.24) is 20.1 Å². The van der Waals surface area contributed by atoms with Crippen LogP contribution >= 0.6 is 11.6 Å². The van der Waals surface area contributed by atoms with Gasteiger partial charge in [-0.1, -0.05) is 11.6 Å². The molecule has 0 spiro atoms. The van der Waals surface area contributed by atoms with Crippen molar-refractivity contribution in [2.24, 2.45) is 0 Å². The molecule has 1 saturated heterocycles. The molecule has 0 aliphatic carbocycles. The molecule has 0 radical (unpaired) electrons. The Hall–Kier alpha value is -2.92. The molecule has 2 N–H and O–H groups in total. The van der Waals surface area contributed by atoms with E-state index in [9.17, 15) is 17.6 Å². The molecule has 29 heavy (non-hydrogen) atoms. The first-order valence-corrected chi connectivity index (χ1v) is 10.5. The van der Waals surface area contributed by atoms with Crippen LogP contribution in [0.5, 0.6) is 0 Å². The Morgan fingerprint density at radius 2 is 2.00 bits per heavy atom. The average molecular weight is 440 g/mol. The lowest BCUT2D eigenvalue weighted by atomic mass is 10.3. The van der Waals surface area contributed by atoms with Crippen molar-refractivity contribution < 1.29 is 22.0 Å². The molecule has 0 bridgehead atoms. The molecule has 2 aromatic heterocycles. The minimum Gasteiger partial charge on any atom is -0.411 e. The summed E-state index contributed by atoms with van der Waals surface area (Å²) in [5.74, 6) is -1.37. The minimum absolute atomic E-state index is 0.0355. The highest BCUT2D eigenvalue weighted by Crippen LogP contribution is 2.25. The van der Waals surface area contributed by atoms with Gasteiger partial charge in [0.05, 0.1) is 5.69 Å². The molecule has 1 aliphatic heterocycles. The number of amides is 1. The number of anilines is 1. The van der Waals surface area contributed by atoms with Gasteiger partial charge in [0.25, 0.3) is 15.9 Å². The smallest absolute Gasteiger partial charge is 0.311 e. The van der Waals surface area contributed by atoms with E-state index in [-0.39, 0.29) is 39.0 Å². The van der Waals surface area contributed by atoms with Crippen LogP contribution in [0.4, 0.5) is 10.1 Å². The summed E-state index contributed by atoms with van der Waals surface area (Å²) in [5.41, 5.74) is -0.0386. The Labute approximate surface area is 169 Å². The van der Waals surface area contributed by atoms with E-state index in [2.05, 4.69) is 19.9 Å². The second-order valence-corrected chi connectivity index (χ2v) is 8.51. The van der Waals surface area contributed by atoms with Gasteiger partial charge in [-0.2, -0.15) is 0 Å². The molecule has 4 rings (SSSR count). The lowest BCUT2D eigenvalue weighted by Crippen LogP contribution is -2.27. The van der Waals surface area contributed by atoms with Crippen molar-refractivity contribution in [3.8, 4) is 11.6 Å². The van der Waals surface area contributed by atoms with Gasteiger partial charge >= 0.3 is 11.8 Å². The van der Waals surface area contributed by atoms with Crippen molar-refractivity contribution in [2.45, 2.75) is 17.7 Å². The molecule has 12 heteroatoms. The molecule has 0 atom stereocenters. The van der Waals surface area contributed by atoms with Gasteiger partial charge in [-0.05, 0) is 37.1 Å². The summed E-state index contributed by atoms with van der Waals surface area (Å²) < 4.78 is 46.4. The monoisotopic (exact) mass is 439 g/mol. The van der Waals surface area contributed by atoms with Crippen LogP contribution in [0.3, 0.4) is 0 Å². The third-order valence-electron chi connectivity index (χ3n) is 4.37. The van der Waals surface area contributed by atoms with Crippen molar-refractivity contribution in [3.63, 3.8) is 0 Å². The topological polar surface area (TPSA) is 121 Å². The van der Waals surface area contributed by atoms with Crippen molar-refractivity contribution >= 4 is 33.2 Å². The Balaban J connectivity index is 1.54. The maximum absolute atomic E-state index is 13.9. The summed E-state index contributed by atoms with van der Waals surface area (Å²) in [6.07, 6.45) is 3.04. The number of carbonyl (C=O) groups is 1. The van der Waals surface area contributed by atoms with Gasteiger partial charge in [-0.25, -0.2) is 12.8 Å². The first kappa shape index (κ1) is 19.4. The molecular weight excluding hydrogens is 425 g/mol. The number of likely N-dealkylation sites (tertiary alicyclic amines) is 1. The maximum Gasteiger partial charge on any atom is 0.311 e. The van der Waals surface area contributed by atoms with Gasteiger partial charge in [0.1, 0.15) is 16.4 Å². The van der Waals surface area contributed by atoms with Crippen LogP contribution in [-0.4, -0.2) is 47.5 Å². The first-order valence-electron chi connectivity index (χ1n) is 8.63. The zero-order chi connectivity index (χ0) is 20.6. The van der Waals surface area contributed by atoms with Gasteiger partial charge in [0.15, 0.2) is 0 Å². The highest BCUT2D eigenvalue weighted by Gasteiger charge is 2.26. The Kier molecular flexibility index (Phi) is 5.01. The second kappa shape index (κ2) is 7.48. The number of halogens is 2. The highest BCUT2D eigenvalue weighted by atomic mass is 35.5. The predicted molar refractivity (Wildman–Crippen MR) is 101 cm³/mol. The fourth-order valence-corrected chi connectivity index (χ4v) is 4.12. The number of carbonyl (C=O) groups excluding carboxylic acids is 1. The molecule has 1 aliphatic rings. The van der Waals surface area contributed by atoms with Crippen LogP contribution in [0, 0.1) is 5.82 Å². The number of nitrogens with one attached hydrogen (secondary N) is 2. The Morgan fingerprint density at radius 3 is 2.72 bits per heavy atom. The van der Waals surface area contributed by atoms with E-state index in [0.29, 0.717) is 13.1 Å². The number of nitrogens with zero attached hydrogens (tertiary/aromatic N) is 3. The Bertz CT molecular complexity index is 1170. The van der Waals surface area contributed by atoms with Crippen LogP contribution in [0.1, 0.15) is 23.5 Å². The van der Waals surface area contributed by atoms with Gasteiger partial charge in [-0.15, -0.1) is 10.2 Å². The summed E-state index contributed by atoms with van der Waals surface area (Å²) in [7, 11) is -4.09. The fourth-order valence-electron chi connectivity index (χ4n) is 2.90. The van der Waals surface area contributed by atoms with Gasteiger partial charge in [0.2, 0.25) is 0 Å². The van der Waals surface area contributed by atoms with E-state index < -0.39 is 15.8 Å². The fraction of sp³-hybridized carbons (Fsp3) is 0.235. The van der Waals surface area contributed by atoms with Gasteiger partial charge < -0.3 is 14.3 Å². The van der Waals surface area contributed by atoms with E-state index >= 15 is 0 Å². The van der Waals surface area contributed by atoms with Crippen molar-refractivity contribution in [2.75, 3.05) is 17.8 Å². The van der Waals surface area contributed by atoms with Crippen LogP contribution in [0.25, 0.3) is 11.6 Å². The maximum atomic E-state index is 13.9. The number of sulfonamides is 1. The standard InChI is InChI=1S/C17H15ClFN5O4S/c18-10-3-4-13(12(19)7-10)23-29(26,27)11-8-14(20-9-11)15-21-22-16(28-15)17(25)24-5-1-2-6-24/h3-4,7-9,20,23H,1-2,5-6H2. The minimum atomic E-state index is -4.09. The lowest BCUT2D eigenvalue weighted by molar-refractivity contribution is 0.0754. The number of H-pyrrole nitrogens is 1. The summed E-state index contributed by atoms with van der Waals surface area (Å²) in [5, 5.41) is 7.68. The molecule has 3 aromatic rings. The van der Waals surface area contributed by atoms with Crippen LogP contribution < -0.4 is 4.72 Å². The van der Waals surface area contributed by atoms with E-state index in [1.54, 1.807) is 4.90 Å². The molecule has 0 saturated carbocycles. The number of hydrogen-bond donors (Lipinski definition) is 2. The number of rotatable bonds is 5. The van der Waals surface area contributed by atoms with Crippen molar-refractivity contribution in [3.05, 3.63) is 47.2 Å². The van der Waals surface area contributed by atoms with E-state index in [4.69, 9.17) is 16.0 Å². The first-order chi connectivity index (χ1) is 13.8. The Morgan fingerprint density at radius 1 is 1.24 bits per heavy atom. The highest BCUT2D eigenvalue weighted by molar-refractivity contribution is 7.92. The third-order valence-corrected chi connectivity index (χ3v) is 5.95. The molecular formula is C17H15ClFN5O4S. The lowest BCUT2D eigenvalue weighted by Gasteiger charge is -2.11. The predicted octanol–water partition coefficient (Wildman–Crippen LogP) is 2.89. The molecule has 0 unspecified atom stereocenters. The van der Waals surface area contributed by atoms with Crippen LogP contribution in [-0.2, 0) is 10.0 Å². The summed E-state index contributed by atoms with van der Waals surface area (Å²) in [4.78, 5) is 16.4.